The van der Waals surface area contributed by atoms with E-state index in [2.05, 4.69) is 0 Å². The highest BCUT2D eigenvalue weighted by molar-refractivity contribution is 7.12. The third-order valence-electron chi connectivity index (χ3n) is 4.09. The summed E-state index contributed by atoms with van der Waals surface area (Å²) in [6.07, 6.45) is 1.95. The molecule has 0 aliphatic carbocycles. The Morgan fingerprint density at radius 3 is 2.74 bits per heavy atom. The first-order chi connectivity index (χ1) is 9.04. The number of carbonyl (C=O) groups is 2. The van der Waals surface area contributed by atoms with Crippen molar-refractivity contribution in [3.63, 3.8) is 0 Å². The number of nitrogens with zero attached hydrogens (tertiary/aromatic N) is 1. The fourth-order valence-electron chi connectivity index (χ4n) is 2.61. The largest absolute Gasteiger partial charge is 0.481 e. The predicted octanol–water partition coefficient (Wildman–Crippen LogP) is 2.64. The van der Waals surface area contributed by atoms with Crippen molar-refractivity contribution < 1.29 is 14.7 Å². The second-order valence-electron chi connectivity index (χ2n) is 5.04. The second-order valence-corrected chi connectivity index (χ2v) is 5.96. The number of aryl methyl sites for hydroxylation is 1. The lowest BCUT2D eigenvalue weighted by Gasteiger charge is -2.23. The standard InChI is InChI=1S/C14H19NO3S/c1-3-10-5-8-19-11(10)12(16)15-7-6-14(4-2,9-15)13(17)18/h5,8H,3-4,6-7,9H2,1-2H3,(H,17,18). The average Bonchev–Trinajstić information content (AvgIpc) is 3.05. The van der Waals surface area contributed by atoms with Crippen LogP contribution in [0.1, 0.15) is 41.9 Å². The molecule has 5 heteroatoms. The van der Waals surface area contributed by atoms with Gasteiger partial charge in [0, 0.05) is 13.1 Å². The molecule has 1 aliphatic heterocycles. The smallest absolute Gasteiger partial charge is 0.311 e. The summed E-state index contributed by atoms with van der Waals surface area (Å²) in [5.41, 5.74) is 0.304. The molecule has 0 spiro atoms. The van der Waals surface area contributed by atoms with Crippen LogP contribution >= 0.6 is 11.3 Å². The Kier molecular flexibility index (Phi) is 3.94. The molecule has 0 bridgehead atoms. The zero-order chi connectivity index (χ0) is 14.0. The summed E-state index contributed by atoms with van der Waals surface area (Å²) in [5.74, 6) is -0.796. The van der Waals surface area contributed by atoms with Gasteiger partial charge in [-0.05, 0) is 36.3 Å². The van der Waals surface area contributed by atoms with Crippen LogP contribution in [0.2, 0.25) is 0 Å². The number of carboxylic acid groups (broad SMARTS) is 1. The number of likely N-dealkylation sites (tertiary alicyclic amines) is 1. The average molecular weight is 281 g/mol. The molecule has 1 atom stereocenters. The highest BCUT2D eigenvalue weighted by Crippen LogP contribution is 2.35. The van der Waals surface area contributed by atoms with E-state index in [0.29, 0.717) is 25.9 Å². The number of hydrogen-bond donors (Lipinski definition) is 1. The molecule has 19 heavy (non-hydrogen) atoms. The molecule has 4 nitrogen and oxygen atoms in total. The lowest BCUT2D eigenvalue weighted by Crippen LogP contribution is -2.36. The lowest BCUT2D eigenvalue weighted by molar-refractivity contribution is -0.148. The van der Waals surface area contributed by atoms with Crippen molar-refractivity contribution in [2.24, 2.45) is 5.41 Å². The Morgan fingerprint density at radius 1 is 1.47 bits per heavy atom. The number of carboxylic acids is 1. The molecule has 1 aliphatic rings. The summed E-state index contributed by atoms with van der Waals surface area (Å²) in [4.78, 5) is 26.3. The third kappa shape index (κ3) is 2.39. The van der Waals surface area contributed by atoms with Gasteiger partial charge in [0.25, 0.3) is 5.91 Å². The van der Waals surface area contributed by atoms with Gasteiger partial charge in [-0.25, -0.2) is 0 Å². The number of amides is 1. The second kappa shape index (κ2) is 5.33. The van der Waals surface area contributed by atoms with Crippen LogP contribution in [0.3, 0.4) is 0 Å². The molecular weight excluding hydrogens is 262 g/mol. The van der Waals surface area contributed by atoms with Crippen molar-refractivity contribution in [2.45, 2.75) is 33.1 Å². The number of aliphatic carboxylic acids is 1. The summed E-state index contributed by atoms with van der Waals surface area (Å²) in [5, 5.41) is 11.3. The molecule has 104 valence electrons. The first kappa shape index (κ1) is 14.1. The molecular formula is C14H19NO3S. The van der Waals surface area contributed by atoms with E-state index in [4.69, 9.17) is 0 Å². The lowest BCUT2D eigenvalue weighted by atomic mass is 9.84. The van der Waals surface area contributed by atoms with E-state index in [1.165, 1.54) is 11.3 Å². The van der Waals surface area contributed by atoms with Gasteiger partial charge in [-0.1, -0.05) is 13.8 Å². The molecule has 1 amide bonds. The maximum Gasteiger partial charge on any atom is 0.311 e. The normalized spacial score (nSPS) is 22.7. The summed E-state index contributed by atoms with van der Waals surface area (Å²) < 4.78 is 0. The van der Waals surface area contributed by atoms with Crippen LogP contribution < -0.4 is 0 Å². The van der Waals surface area contributed by atoms with Crippen molar-refractivity contribution >= 4 is 23.2 Å². The van der Waals surface area contributed by atoms with Crippen LogP contribution in [0, 0.1) is 5.41 Å². The number of rotatable bonds is 4. The van der Waals surface area contributed by atoms with Gasteiger partial charge < -0.3 is 10.0 Å². The summed E-state index contributed by atoms with van der Waals surface area (Å²) in [6, 6.07) is 1.97. The Morgan fingerprint density at radius 2 is 2.21 bits per heavy atom. The quantitative estimate of drug-likeness (QED) is 0.923. The van der Waals surface area contributed by atoms with E-state index in [1.54, 1.807) is 4.90 Å². The summed E-state index contributed by atoms with van der Waals surface area (Å²) >= 11 is 1.45. The fraction of sp³-hybridized carbons (Fsp3) is 0.571. The van der Waals surface area contributed by atoms with Gasteiger partial charge in [-0.3, -0.25) is 9.59 Å². The number of carbonyl (C=O) groups excluding carboxylic acids is 1. The summed E-state index contributed by atoms with van der Waals surface area (Å²) in [6.45, 7) is 4.78. The molecule has 2 heterocycles. The van der Waals surface area contributed by atoms with Gasteiger partial charge in [-0.15, -0.1) is 11.3 Å². The minimum absolute atomic E-state index is 0.0107. The van der Waals surface area contributed by atoms with Crippen molar-refractivity contribution in [3.05, 3.63) is 21.9 Å². The SMILES string of the molecule is CCc1ccsc1C(=O)N1CCC(CC)(C(=O)O)C1. The molecule has 1 N–H and O–H groups in total. The van der Waals surface area contributed by atoms with Crippen molar-refractivity contribution in [1.82, 2.24) is 4.90 Å². The van der Waals surface area contributed by atoms with E-state index in [0.717, 1.165) is 16.9 Å². The monoisotopic (exact) mass is 281 g/mol. The van der Waals surface area contributed by atoms with Gasteiger partial charge in [0.05, 0.1) is 10.3 Å². The van der Waals surface area contributed by atoms with E-state index < -0.39 is 11.4 Å². The van der Waals surface area contributed by atoms with Gasteiger partial charge in [-0.2, -0.15) is 0 Å². The first-order valence-corrected chi connectivity index (χ1v) is 7.51. The molecule has 1 aromatic heterocycles. The van der Waals surface area contributed by atoms with E-state index in [1.807, 2.05) is 25.3 Å². The zero-order valence-electron chi connectivity index (χ0n) is 11.3. The Bertz CT molecular complexity index is 497. The first-order valence-electron chi connectivity index (χ1n) is 6.63. The third-order valence-corrected chi connectivity index (χ3v) is 5.04. The Labute approximate surface area is 117 Å². The van der Waals surface area contributed by atoms with Crippen LogP contribution in [0.25, 0.3) is 0 Å². The van der Waals surface area contributed by atoms with Gasteiger partial charge >= 0.3 is 5.97 Å². The van der Waals surface area contributed by atoms with E-state index in [9.17, 15) is 14.7 Å². The van der Waals surface area contributed by atoms with E-state index in [-0.39, 0.29) is 5.91 Å². The molecule has 1 aromatic rings. The minimum Gasteiger partial charge on any atom is -0.481 e. The van der Waals surface area contributed by atoms with Crippen molar-refractivity contribution in [2.75, 3.05) is 13.1 Å². The summed E-state index contributed by atoms with van der Waals surface area (Å²) in [7, 11) is 0. The minimum atomic E-state index is -0.785. The maximum absolute atomic E-state index is 12.5. The Hall–Kier alpha value is -1.36. The van der Waals surface area contributed by atoms with Crippen molar-refractivity contribution in [3.8, 4) is 0 Å². The molecule has 0 aromatic carbocycles. The Balaban J connectivity index is 2.17. The van der Waals surface area contributed by atoms with Gasteiger partial charge in [0.2, 0.25) is 0 Å². The maximum atomic E-state index is 12.5. The zero-order valence-corrected chi connectivity index (χ0v) is 12.1. The van der Waals surface area contributed by atoms with Crippen LogP contribution in [0.15, 0.2) is 11.4 Å². The van der Waals surface area contributed by atoms with E-state index >= 15 is 0 Å². The molecule has 0 radical (unpaired) electrons. The van der Waals surface area contributed by atoms with Crippen LogP contribution in [0.4, 0.5) is 0 Å². The van der Waals surface area contributed by atoms with Crippen LogP contribution in [-0.2, 0) is 11.2 Å². The number of hydrogen-bond acceptors (Lipinski definition) is 3. The fourth-order valence-corrected chi connectivity index (χ4v) is 3.57. The number of thiophene rings is 1. The molecule has 2 rings (SSSR count). The highest BCUT2D eigenvalue weighted by Gasteiger charge is 2.45. The molecule has 1 fully saturated rings. The highest BCUT2D eigenvalue weighted by atomic mass is 32.1. The van der Waals surface area contributed by atoms with Crippen LogP contribution in [0.5, 0.6) is 0 Å². The molecule has 1 saturated heterocycles. The van der Waals surface area contributed by atoms with Crippen LogP contribution in [-0.4, -0.2) is 35.0 Å². The molecule has 0 saturated carbocycles. The predicted molar refractivity (Wildman–Crippen MR) is 74.6 cm³/mol. The topological polar surface area (TPSA) is 57.6 Å². The molecule has 1 unspecified atom stereocenters. The van der Waals surface area contributed by atoms with Gasteiger partial charge in [0.1, 0.15) is 0 Å². The van der Waals surface area contributed by atoms with Gasteiger partial charge in [0.15, 0.2) is 0 Å². The van der Waals surface area contributed by atoms with Crippen molar-refractivity contribution in [1.29, 1.82) is 0 Å².